The number of nitrogens with two attached hydrogens (primary N) is 1. The van der Waals surface area contributed by atoms with E-state index in [2.05, 4.69) is 15.9 Å². The van der Waals surface area contributed by atoms with Gasteiger partial charge in [-0.25, -0.2) is 4.79 Å². The Morgan fingerprint density at radius 2 is 1.78 bits per heavy atom. The van der Waals surface area contributed by atoms with Crippen LogP contribution in [0.3, 0.4) is 0 Å². The van der Waals surface area contributed by atoms with E-state index in [1.807, 2.05) is 24.3 Å². The van der Waals surface area contributed by atoms with Crippen LogP contribution in [-0.4, -0.2) is 5.97 Å². The number of hydrogen-bond donors (Lipinski definition) is 1. The second-order valence-electron chi connectivity index (χ2n) is 3.79. The maximum atomic E-state index is 11.8. The normalized spacial score (nSPS) is 10.1. The van der Waals surface area contributed by atoms with Gasteiger partial charge in [-0.15, -0.1) is 0 Å². The fourth-order valence-electron chi connectivity index (χ4n) is 1.49. The first kappa shape index (κ1) is 12.6. The van der Waals surface area contributed by atoms with E-state index in [0.717, 1.165) is 10.0 Å². The molecular formula is C14H12BrNO2. The third-order valence-electron chi connectivity index (χ3n) is 2.46. The highest BCUT2D eigenvalue weighted by molar-refractivity contribution is 9.10. The molecule has 0 atom stereocenters. The van der Waals surface area contributed by atoms with Gasteiger partial charge in [0.05, 0.1) is 5.56 Å². The fourth-order valence-corrected chi connectivity index (χ4v) is 1.75. The molecule has 0 fully saturated rings. The first-order valence-electron chi connectivity index (χ1n) is 5.43. The topological polar surface area (TPSA) is 52.3 Å². The number of rotatable bonds is 3. The van der Waals surface area contributed by atoms with E-state index < -0.39 is 5.97 Å². The van der Waals surface area contributed by atoms with Crippen LogP contribution in [0, 0.1) is 0 Å². The summed E-state index contributed by atoms with van der Waals surface area (Å²) in [5.74, 6) is -0.406. The quantitative estimate of drug-likeness (QED) is 0.698. The van der Waals surface area contributed by atoms with Gasteiger partial charge in [0, 0.05) is 10.2 Å². The molecule has 3 nitrogen and oxygen atoms in total. The van der Waals surface area contributed by atoms with Crippen molar-refractivity contribution in [2.75, 3.05) is 5.73 Å². The van der Waals surface area contributed by atoms with Crippen LogP contribution in [0.4, 0.5) is 5.69 Å². The van der Waals surface area contributed by atoms with Gasteiger partial charge >= 0.3 is 5.97 Å². The van der Waals surface area contributed by atoms with Crippen molar-refractivity contribution < 1.29 is 9.53 Å². The predicted molar refractivity (Wildman–Crippen MR) is 74.1 cm³/mol. The summed E-state index contributed by atoms with van der Waals surface area (Å²) < 4.78 is 6.19. The molecule has 0 aromatic heterocycles. The molecule has 92 valence electrons. The Bertz CT molecular complexity index is 552. The SMILES string of the molecule is Nc1ccccc1C(=O)OCc1ccc(Br)cc1. The molecule has 0 amide bonds. The van der Waals surface area contributed by atoms with Crippen LogP contribution in [0.2, 0.25) is 0 Å². The predicted octanol–water partition coefficient (Wildman–Crippen LogP) is 3.39. The van der Waals surface area contributed by atoms with E-state index in [9.17, 15) is 4.79 Å². The third-order valence-corrected chi connectivity index (χ3v) is 2.99. The molecule has 0 aliphatic carbocycles. The number of hydrogen-bond acceptors (Lipinski definition) is 3. The first-order valence-corrected chi connectivity index (χ1v) is 6.22. The smallest absolute Gasteiger partial charge is 0.340 e. The summed E-state index contributed by atoms with van der Waals surface area (Å²) in [4.78, 5) is 11.8. The highest BCUT2D eigenvalue weighted by Crippen LogP contribution is 2.14. The molecule has 0 aliphatic rings. The van der Waals surface area contributed by atoms with E-state index in [-0.39, 0.29) is 6.61 Å². The zero-order valence-electron chi connectivity index (χ0n) is 9.60. The Morgan fingerprint density at radius 1 is 1.11 bits per heavy atom. The number of nitrogen functional groups attached to an aromatic ring is 1. The number of halogens is 1. The van der Waals surface area contributed by atoms with Gasteiger partial charge in [-0.05, 0) is 29.8 Å². The Morgan fingerprint density at radius 3 is 2.44 bits per heavy atom. The minimum absolute atomic E-state index is 0.237. The van der Waals surface area contributed by atoms with Crippen molar-refractivity contribution in [3.05, 3.63) is 64.1 Å². The van der Waals surface area contributed by atoms with Crippen LogP contribution in [0.1, 0.15) is 15.9 Å². The number of ether oxygens (including phenoxy) is 1. The van der Waals surface area contributed by atoms with Crippen molar-refractivity contribution in [3.8, 4) is 0 Å². The highest BCUT2D eigenvalue weighted by Gasteiger charge is 2.10. The van der Waals surface area contributed by atoms with E-state index in [0.29, 0.717) is 11.3 Å². The minimum atomic E-state index is -0.406. The number of anilines is 1. The molecule has 18 heavy (non-hydrogen) atoms. The van der Waals surface area contributed by atoms with Crippen molar-refractivity contribution in [1.29, 1.82) is 0 Å². The number of carbonyl (C=O) groups excluding carboxylic acids is 1. The van der Waals surface area contributed by atoms with E-state index in [1.165, 1.54) is 0 Å². The van der Waals surface area contributed by atoms with Gasteiger partial charge in [-0.2, -0.15) is 0 Å². The van der Waals surface area contributed by atoms with Gasteiger partial charge in [0.15, 0.2) is 0 Å². The lowest BCUT2D eigenvalue weighted by Gasteiger charge is -2.06. The lowest BCUT2D eigenvalue weighted by molar-refractivity contribution is 0.0474. The summed E-state index contributed by atoms with van der Waals surface area (Å²) in [5.41, 5.74) is 7.46. The Balaban J connectivity index is 2.01. The zero-order chi connectivity index (χ0) is 13.0. The van der Waals surface area contributed by atoms with Crippen molar-refractivity contribution in [3.63, 3.8) is 0 Å². The van der Waals surface area contributed by atoms with Crippen LogP contribution in [-0.2, 0) is 11.3 Å². The summed E-state index contributed by atoms with van der Waals surface area (Å²) in [5, 5.41) is 0. The van der Waals surface area contributed by atoms with Crippen LogP contribution in [0.5, 0.6) is 0 Å². The summed E-state index contributed by atoms with van der Waals surface area (Å²) in [6.45, 7) is 0.237. The Hall–Kier alpha value is -1.81. The molecule has 0 bridgehead atoms. The van der Waals surface area contributed by atoms with E-state index >= 15 is 0 Å². The molecule has 2 N–H and O–H groups in total. The number of carbonyl (C=O) groups is 1. The lowest BCUT2D eigenvalue weighted by atomic mass is 10.2. The van der Waals surface area contributed by atoms with Crippen LogP contribution >= 0.6 is 15.9 Å². The monoisotopic (exact) mass is 305 g/mol. The zero-order valence-corrected chi connectivity index (χ0v) is 11.2. The van der Waals surface area contributed by atoms with Crippen molar-refractivity contribution in [1.82, 2.24) is 0 Å². The molecule has 4 heteroatoms. The van der Waals surface area contributed by atoms with Gasteiger partial charge in [-0.1, -0.05) is 40.2 Å². The van der Waals surface area contributed by atoms with Gasteiger partial charge < -0.3 is 10.5 Å². The largest absolute Gasteiger partial charge is 0.457 e. The van der Waals surface area contributed by atoms with Crippen molar-refractivity contribution >= 4 is 27.6 Å². The average molecular weight is 306 g/mol. The van der Waals surface area contributed by atoms with Crippen LogP contribution in [0.25, 0.3) is 0 Å². The maximum absolute atomic E-state index is 11.8. The maximum Gasteiger partial charge on any atom is 0.340 e. The number of benzene rings is 2. The van der Waals surface area contributed by atoms with Gasteiger partial charge in [-0.3, -0.25) is 0 Å². The Labute approximate surface area is 114 Å². The van der Waals surface area contributed by atoms with Gasteiger partial charge in [0.2, 0.25) is 0 Å². The van der Waals surface area contributed by atoms with Crippen molar-refractivity contribution in [2.24, 2.45) is 0 Å². The molecule has 0 saturated heterocycles. The minimum Gasteiger partial charge on any atom is -0.457 e. The summed E-state index contributed by atoms with van der Waals surface area (Å²) in [6, 6.07) is 14.5. The van der Waals surface area contributed by atoms with E-state index in [1.54, 1.807) is 24.3 Å². The molecular weight excluding hydrogens is 294 g/mol. The summed E-state index contributed by atoms with van der Waals surface area (Å²) in [7, 11) is 0. The van der Waals surface area contributed by atoms with Crippen LogP contribution in [0.15, 0.2) is 53.0 Å². The molecule has 0 radical (unpaired) electrons. The van der Waals surface area contributed by atoms with E-state index in [4.69, 9.17) is 10.5 Å². The molecule has 0 unspecified atom stereocenters. The Kier molecular flexibility index (Phi) is 3.99. The summed E-state index contributed by atoms with van der Waals surface area (Å²) >= 11 is 3.35. The third kappa shape index (κ3) is 3.11. The molecule has 2 aromatic rings. The van der Waals surface area contributed by atoms with Crippen molar-refractivity contribution in [2.45, 2.75) is 6.61 Å². The lowest BCUT2D eigenvalue weighted by Crippen LogP contribution is -2.07. The first-order chi connectivity index (χ1) is 8.66. The van der Waals surface area contributed by atoms with Crippen LogP contribution < -0.4 is 5.73 Å². The second kappa shape index (κ2) is 5.69. The average Bonchev–Trinajstić information content (AvgIpc) is 2.38. The number of para-hydroxylation sites is 1. The molecule has 0 aliphatic heterocycles. The number of esters is 1. The molecule has 0 heterocycles. The summed E-state index contributed by atoms with van der Waals surface area (Å²) in [6.07, 6.45) is 0. The van der Waals surface area contributed by atoms with Gasteiger partial charge in [0.1, 0.15) is 6.61 Å². The highest BCUT2D eigenvalue weighted by atomic mass is 79.9. The van der Waals surface area contributed by atoms with Gasteiger partial charge in [0.25, 0.3) is 0 Å². The fraction of sp³-hybridized carbons (Fsp3) is 0.0714. The molecule has 2 aromatic carbocycles. The standard InChI is InChI=1S/C14H12BrNO2/c15-11-7-5-10(6-8-11)9-18-14(17)12-3-1-2-4-13(12)16/h1-8H,9,16H2. The molecule has 0 saturated carbocycles. The second-order valence-corrected chi connectivity index (χ2v) is 4.71. The molecule has 2 rings (SSSR count). The molecule has 0 spiro atoms.